The van der Waals surface area contributed by atoms with Crippen molar-refractivity contribution in [1.82, 2.24) is 20.3 Å². The molecule has 1 aromatic carbocycles. The molecule has 0 bridgehead atoms. The lowest BCUT2D eigenvalue weighted by molar-refractivity contribution is 0.0490. The van der Waals surface area contributed by atoms with Crippen LogP contribution in [0.2, 0.25) is 0 Å². The van der Waals surface area contributed by atoms with Crippen LogP contribution in [0, 0.1) is 13.8 Å². The summed E-state index contributed by atoms with van der Waals surface area (Å²) in [6.07, 6.45) is 6.59. The topological polar surface area (TPSA) is 159 Å². The summed E-state index contributed by atoms with van der Waals surface area (Å²) < 4.78 is 21.4. The molecule has 0 radical (unpaired) electrons. The summed E-state index contributed by atoms with van der Waals surface area (Å²) in [4.78, 5) is 38.2. The zero-order valence-corrected chi connectivity index (χ0v) is 27.7. The van der Waals surface area contributed by atoms with Crippen molar-refractivity contribution in [2.45, 2.75) is 52.6 Å². The number of aromatic nitrogens is 3. The number of ether oxygens (including phenoxy) is 2. The van der Waals surface area contributed by atoms with Gasteiger partial charge >= 0.3 is 5.97 Å². The number of oxazole rings is 2. The smallest absolute Gasteiger partial charge is 0.376 e. The number of aryl methyl sites for hydroxylation is 2. The normalized spacial score (nSPS) is 13.5. The molecular weight excluding hydrogens is 647 g/mol. The Labute approximate surface area is 280 Å². The zero-order chi connectivity index (χ0) is 29.9. The number of rotatable bonds is 9. The Bertz CT molecular complexity index is 1460. The third-order valence-electron chi connectivity index (χ3n) is 6.51. The van der Waals surface area contributed by atoms with E-state index in [4.69, 9.17) is 24.0 Å². The molecule has 1 amide bonds. The number of halogens is 3. The van der Waals surface area contributed by atoms with Gasteiger partial charge in [-0.2, -0.15) is 9.97 Å². The number of carbonyl (C=O) groups excluding carboxylic acids is 2. The highest BCUT2D eigenvalue weighted by Gasteiger charge is 2.29. The first-order valence-corrected chi connectivity index (χ1v) is 13.8. The molecule has 1 aliphatic rings. The van der Waals surface area contributed by atoms with Gasteiger partial charge in [0.25, 0.3) is 17.9 Å². The number of piperidine rings is 1. The van der Waals surface area contributed by atoms with Crippen molar-refractivity contribution >= 4 is 61.1 Å². The van der Waals surface area contributed by atoms with E-state index < -0.39 is 5.97 Å². The molecule has 5 rings (SSSR count). The maximum Gasteiger partial charge on any atom is 0.376 e. The van der Waals surface area contributed by atoms with Gasteiger partial charge in [0.1, 0.15) is 12.4 Å². The van der Waals surface area contributed by atoms with Gasteiger partial charge in [0, 0.05) is 19.3 Å². The minimum absolute atomic E-state index is 0. The summed E-state index contributed by atoms with van der Waals surface area (Å²) in [7, 11) is 0. The van der Waals surface area contributed by atoms with E-state index in [0.29, 0.717) is 37.2 Å². The number of nitrogens with zero attached hydrogens (tertiary/aromatic N) is 4. The predicted molar refractivity (Wildman–Crippen MR) is 177 cm³/mol. The molecule has 15 heteroatoms. The maximum absolute atomic E-state index is 12.6. The molecule has 4 aromatic rings. The number of nitrogens with two attached hydrogens (primary N) is 1. The molecule has 3 N–H and O–H groups in total. The molecule has 0 saturated carbocycles. The average molecular weight is 686 g/mol. The molecule has 0 aliphatic carbocycles. The van der Waals surface area contributed by atoms with Crippen LogP contribution in [0.4, 0.5) is 12.0 Å². The van der Waals surface area contributed by atoms with Crippen molar-refractivity contribution in [2.24, 2.45) is 0 Å². The zero-order valence-electron chi connectivity index (χ0n) is 25.3. The lowest BCUT2D eigenvalue weighted by atomic mass is 10.0. The van der Waals surface area contributed by atoms with Crippen molar-refractivity contribution in [1.29, 1.82) is 0 Å². The van der Waals surface area contributed by atoms with E-state index in [1.807, 2.05) is 42.5 Å². The minimum Gasteiger partial charge on any atom is -0.490 e. The molecule has 0 spiro atoms. The predicted octanol–water partition coefficient (Wildman–Crippen LogP) is 5.75. The first-order chi connectivity index (χ1) is 20.4. The maximum atomic E-state index is 12.6. The fourth-order valence-electron chi connectivity index (χ4n) is 4.43. The second-order valence-corrected chi connectivity index (χ2v) is 9.61. The molecule has 1 aliphatic heterocycles. The van der Waals surface area contributed by atoms with Gasteiger partial charge in [-0.05, 0) is 57.7 Å². The van der Waals surface area contributed by atoms with Crippen LogP contribution in [0.5, 0.6) is 5.75 Å². The molecule has 246 valence electrons. The van der Waals surface area contributed by atoms with Crippen LogP contribution in [0.1, 0.15) is 64.2 Å². The quantitative estimate of drug-likeness (QED) is 0.207. The second-order valence-electron chi connectivity index (χ2n) is 9.61. The number of benzene rings is 1. The molecule has 4 heterocycles. The van der Waals surface area contributed by atoms with E-state index in [-0.39, 0.29) is 66.7 Å². The highest BCUT2D eigenvalue weighted by atomic mass is 35.5. The summed E-state index contributed by atoms with van der Waals surface area (Å²) >= 11 is 0. The van der Waals surface area contributed by atoms with Gasteiger partial charge in [0.15, 0.2) is 0 Å². The van der Waals surface area contributed by atoms with E-state index in [2.05, 4.69) is 25.2 Å². The lowest BCUT2D eigenvalue weighted by Gasteiger charge is -2.34. The van der Waals surface area contributed by atoms with Crippen LogP contribution in [-0.4, -0.2) is 52.6 Å². The van der Waals surface area contributed by atoms with Gasteiger partial charge in [-0.3, -0.25) is 9.78 Å². The molecule has 3 aromatic heterocycles. The van der Waals surface area contributed by atoms with Crippen LogP contribution >= 0.6 is 37.2 Å². The Balaban J connectivity index is 0.000000577. The van der Waals surface area contributed by atoms with Crippen molar-refractivity contribution in [3.05, 3.63) is 83.3 Å². The van der Waals surface area contributed by atoms with Crippen molar-refractivity contribution in [2.75, 3.05) is 30.4 Å². The number of carbonyl (C=O) groups is 2. The highest BCUT2D eigenvalue weighted by molar-refractivity contribution is 5.92. The van der Waals surface area contributed by atoms with E-state index in [0.717, 1.165) is 37.1 Å². The number of amides is 1. The highest BCUT2D eigenvalue weighted by Crippen LogP contribution is 2.27. The second kappa shape index (κ2) is 19.4. The van der Waals surface area contributed by atoms with Crippen molar-refractivity contribution < 1.29 is 27.9 Å². The summed E-state index contributed by atoms with van der Waals surface area (Å²) in [6.45, 7) is 7.24. The fraction of sp³-hybridized carbons (Fsp3) is 0.367. The number of nitrogen functional groups attached to an aromatic ring is 1. The molecule has 1 saturated heterocycles. The fourth-order valence-corrected chi connectivity index (χ4v) is 4.43. The van der Waals surface area contributed by atoms with Crippen LogP contribution in [0.15, 0.2) is 63.7 Å². The lowest BCUT2D eigenvalue weighted by Crippen LogP contribution is -2.43. The van der Waals surface area contributed by atoms with E-state index in [1.165, 1.54) is 0 Å². The van der Waals surface area contributed by atoms with E-state index in [9.17, 15) is 9.59 Å². The number of anilines is 2. The van der Waals surface area contributed by atoms with Gasteiger partial charge in [0.2, 0.25) is 11.5 Å². The Morgan fingerprint density at radius 1 is 1.00 bits per heavy atom. The van der Waals surface area contributed by atoms with Gasteiger partial charge in [0.05, 0.1) is 30.2 Å². The minimum atomic E-state index is -0.529. The van der Waals surface area contributed by atoms with Crippen molar-refractivity contribution in [3.63, 3.8) is 0 Å². The third-order valence-corrected chi connectivity index (χ3v) is 6.51. The largest absolute Gasteiger partial charge is 0.490 e. The summed E-state index contributed by atoms with van der Waals surface area (Å²) in [6, 6.07) is 14.1. The number of nitrogens with one attached hydrogen (secondary N) is 1. The SMILES string of the molecule is CCOC(=O)c1oc(N)nc1C.Cc1nc(N2CCCCC2COc2cccnc2)oc1C(=O)NCc1ccccc1.Cl.Cl.Cl. The Hall–Kier alpha value is -4.00. The summed E-state index contributed by atoms with van der Waals surface area (Å²) in [5.41, 5.74) is 7.30. The van der Waals surface area contributed by atoms with Gasteiger partial charge in [-0.1, -0.05) is 30.3 Å². The average Bonchev–Trinajstić information content (AvgIpc) is 3.57. The molecule has 1 unspecified atom stereocenters. The van der Waals surface area contributed by atoms with Crippen LogP contribution in [0.25, 0.3) is 0 Å². The number of esters is 1. The Morgan fingerprint density at radius 2 is 1.73 bits per heavy atom. The number of hydrogen-bond acceptors (Lipinski definition) is 11. The van der Waals surface area contributed by atoms with Crippen molar-refractivity contribution in [3.8, 4) is 5.75 Å². The molecule has 1 atom stereocenters. The van der Waals surface area contributed by atoms with Gasteiger partial charge < -0.3 is 34.3 Å². The van der Waals surface area contributed by atoms with Crippen LogP contribution < -0.4 is 20.7 Å². The first kappa shape index (κ1) is 39.0. The molecular formula is C30H39Cl3N6O6. The molecule has 45 heavy (non-hydrogen) atoms. The van der Waals surface area contributed by atoms with E-state index >= 15 is 0 Å². The summed E-state index contributed by atoms with van der Waals surface area (Å²) in [5, 5.41) is 2.91. The molecule has 1 fully saturated rings. The third kappa shape index (κ3) is 11.1. The van der Waals surface area contributed by atoms with Crippen LogP contribution in [-0.2, 0) is 11.3 Å². The Kier molecular flexibility index (Phi) is 16.8. The standard InChI is InChI=1S/C23H26N4O3.C7H10N2O3.3ClH/c1-17-21(22(28)25-14-18-8-3-2-4-9-18)30-23(26-17)27-13-6-5-10-19(27)16-29-20-11-7-12-24-15-20;1-3-11-6(10)5-4(2)9-7(8)12-5;;;/h2-4,7-9,11-12,15,19H,5-6,10,13-14,16H2,1H3,(H,25,28);3H2,1-2H3,(H2,8,9);3*1H. The number of pyridine rings is 1. The van der Waals surface area contributed by atoms with Gasteiger partial charge in [-0.25, -0.2) is 4.79 Å². The molecule has 12 nitrogen and oxygen atoms in total. The first-order valence-electron chi connectivity index (χ1n) is 13.8. The van der Waals surface area contributed by atoms with Gasteiger partial charge in [-0.15, -0.1) is 37.2 Å². The van der Waals surface area contributed by atoms with Crippen LogP contribution in [0.3, 0.4) is 0 Å². The number of hydrogen-bond donors (Lipinski definition) is 2. The summed E-state index contributed by atoms with van der Waals surface area (Å²) in [5.74, 6) is 0.301. The van der Waals surface area contributed by atoms with E-state index in [1.54, 1.807) is 33.2 Å². The monoisotopic (exact) mass is 684 g/mol. The Morgan fingerprint density at radius 3 is 2.38 bits per heavy atom.